The maximum absolute atomic E-state index is 12.8. The van der Waals surface area contributed by atoms with Gasteiger partial charge < -0.3 is 4.74 Å². The van der Waals surface area contributed by atoms with Crippen molar-refractivity contribution < 1.29 is 19.1 Å². The Morgan fingerprint density at radius 3 is 2.41 bits per heavy atom. The lowest BCUT2D eigenvalue weighted by Crippen LogP contribution is -2.53. The second kappa shape index (κ2) is 7.45. The summed E-state index contributed by atoms with van der Waals surface area (Å²) in [5.74, 6) is -0.572. The Bertz CT molecular complexity index is 948. The van der Waals surface area contributed by atoms with Gasteiger partial charge in [-0.1, -0.05) is 30.3 Å². The molecule has 1 aliphatic rings. The number of benzene rings is 2. The quantitative estimate of drug-likeness (QED) is 0.668. The number of methoxy groups -OCH3 is 1. The third-order valence-corrected chi connectivity index (χ3v) is 4.45. The van der Waals surface area contributed by atoms with Crippen molar-refractivity contribution >= 4 is 23.9 Å². The Kier molecular flexibility index (Phi) is 5.07. The molecule has 4 amide bonds. The molecule has 0 radical (unpaired) electrons. The van der Waals surface area contributed by atoms with Crippen LogP contribution in [-0.2, 0) is 16.1 Å². The van der Waals surface area contributed by atoms with E-state index in [1.807, 2.05) is 56.3 Å². The number of amides is 4. The van der Waals surface area contributed by atoms with E-state index in [2.05, 4.69) is 5.32 Å². The predicted molar refractivity (Wildman–Crippen MR) is 101 cm³/mol. The van der Waals surface area contributed by atoms with Crippen molar-refractivity contribution in [3.63, 3.8) is 0 Å². The molecule has 6 heteroatoms. The fourth-order valence-corrected chi connectivity index (χ4v) is 2.95. The molecule has 3 rings (SSSR count). The largest absolute Gasteiger partial charge is 0.496 e. The van der Waals surface area contributed by atoms with E-state index >= 15 is 0 Å². The Morgan fingerprint density at radius 1 is 1.04 bits per heavy atom. The molecule has 2 aromatic carbocycles. The first-order valence-corrected chi connectivity index (χ1v) is 8.48. The molecule has 0 aliphatic carbocycles. The Morgan fingerprint density at radius 2 is 1.74 bits per heavy atom. The zero-order valence-electron chi connectivity index (χ0n) is 15.4. The highest BCUT2D eigenvalue weighted by Gasteiger charge is 2.35. The molecule has 2 aromatic rings. The molecule has 6 nitrogen and oxygen atoms in total. The summed E-state index contributed by atoms with van der Waals surface area (Å²) >= 11 is 0. The number of nitrogens with zero attached hydrogens (tertiary/aromatic N) is 1. The summed E-state index contributed by atoms with van der Waals surface area (Å²) in [6, 6.07) is 12.1. The fraction of sp³-hybridized carbons (Fsp3) is 0.190. The van der Waals surface area contributed by atoms with E-state index in [0.717, 1.165) is 32.9 Å². The Hall–Kier alpha value is -3.41. The van der Waals surface area contributed by atoms with Crippen molar-refractivity contribution in [2.75, 3.05) is 7.11 Å². The van der Waals surface area contributed by atoms with Gasteiger partial charge in [0.05, 0.1) is 13.7 Å². The topological polar surface area (TPSA) is 75.7 Å². The maximum atomic E-state index is 12.8. The highest BCUT2D eigenvalue weighted by molar-refractivity contribution is 6.31. The highest BCUT2D eigenvalue weighted by atomic mass is 16.5. The molecule has 1 heterocycles. The number of rotatable bonds is 4. The summed E-state index contributed by atoms with van der Waals surface area (Å²) in [5.41, 5.74) is 3.19. The van der Waals surface area contributed by atoms with Crippen LogP contribution >= 0.6 is 0 Å². The lowest BCUT2D eigenvalue weighted by molar-refractivity contribution is -0.130. The number of aryl methyl sites for hydroxylation is 2. The van der Waals surface area contributed by atoms with Crippen LogP contribution in [0.1, 0.15) is 22.3 Å². The number of imide groups is 2. The van der Waals surface area contributed by atoms with Crippen LogP contribution in [0.3, 0.4) is 0 Å². The molecule has 0 aromatic heterocycles. The summed E-state index contributed by atoms with van der Waals surface area (Å²) in [4.78, 5) is 38.3. The van der Waals surface area contributed by atoms with Crippen LogP contribution in [0.15, 0.2) is 48.0 Å². The van der Waals surface area contributed by atoms with Gasteiger partial charge in [-0.25, -0.2) is 4.79 Å². The molecule has 1 saturated heterocycles. The molecular weight excluding hydrogens is 344 g/mol. The van der Waals surface area contributed by atoms with Gasteiger partial charge in [0.25, 0.3) is 11.8 Å². The summed E-state index contributed by atoms with van der Waals surface area (Å²) in [6.07, 6.45) is 1.52. The number of ether oxygens (including phenoxy) is 1. The minimum Gasteiger partial charge on any atom is -0.496 e. The molecule has 27 heavy (non-hydrogen) atoms. The van der Waals surface area contributed by atoms with Crippen LogP contribution in [0.2, 0.25) is 0 Å². The molecule has 0 spiro atoms. The van der Waals surface area contributed by atoms with E-state index < -0.39 is 17.8 Å². The van der Waals surface area contributed by atoms with Gasteiger partial charge in [0.2, 0.25) is 0 Å². The monoisotopic (exact) mass is 364 g/mol. The standard InChI is InChI=1S/C21H20N2O4/c1-13-10-18(27-3)14(2)9-16(13)11-17-19(24)22-21(26)23(20(17)25)12-15-7-5-4-6-8-15/h4-11H,12H2,1-3H3,(H,22,24,26)/b17-11-. The first-order valence-electron chi connectivity index (χ1n) is 8.48. The number of hydrogen-bond donors (Lipinski definition) is 1. The summed E-state index contributed by atoms with van der Waals surface area (Å²) in [5, 5.41) is 2.24. The molecule has 0 bridgehead atoms. The second-order valence-electron chi connectivity index (χ2n) is 6.37. The van der Waals surface area contributed by atoms with Gasteiger partial charge in [-0.3, -0.25) is 19.8 Å². The van der Waals surface area contributed by atoms with E-state index in [4.69, 9.17) is 4.74 Å². The van der Waals surface area contributed by atoms with Crippen LogP contribution in [0.5, 0.6) is 5.75 Å². The predicted octanol–water partition coefficient (Wildman–Crippen LogP) is 2.97. The summed E-state index contributed by atoms with van der Waals surface area (Å²) < 4.78 is 5.29. The smallest absolute Gasteiger partial charge is 0.331 e. The van der Waals surface area contributed by atoms with Crippen molar-refractivity contribution in [1.29, 1.82) is 0 Å². The molecule has 0 unspecified atom stereocenters. The van der Waals surface area contributed by atoms with Crippen LogP contribution in [0.25, 0.3) is 6.08 Å². The summed E-state index contributed by atoms with van der Waals surface area (Å²) in [6.45, 7) is 3.84. The first kappa shape index (κ1) is 18.4. The molecule has 0 atom stereocenters. The Labute approximate surface area is 157 Å². The van der Waals surface area contributed by atoms with Crippen LogP contribution in [0.4, 0.5) is 4.79 Å². The van der Waals surface area contributed by atoms with Crippen molar-refractivity contribution in [1.82, 2.24) is 10.2 Å². The molecule has 0 saturated carbocycles. The van der Waals surface area contributed by atoms with Gasteiger partial charge >= 0.3 is 6.03 Å². The van der Waals surface area contributed by atoms with E-state index in [1.165, 1.54) is 6.08 Å². The van der Waals surface area contributed by atoms with E-state index in [-0.39, 0.29) is 12.1 Å². The molecular formula is C21H20N2O4. The molecule has 138 valence electrons. The number of barbiturate groups is 1. The second-order valence-corrected chi connectivity index (χ2v) is 6.37. The van der Waals surface area contributed by atoms with Crippen molar-refractivity contribution in [2.45, 2.75) is 20.4 Å². The fourth-order valence-electron chi connectivity index (χ4n) is 2.95. The van der Waals surface area contributed by atoms with Crippen molar-refractivity contribution in [3.8, 4) is 5.75 Å². The van der Waals surface area contributed by atoms with Gasteiger partial charge in [-0.2, -0.15) is 0 Å². The SMILES string of the molecule is COc1cc(C)c(/C=C2/C(=O)NC(=O)N(Cc3ccccc3)C2=O)cc1C. The minimum absolute atomic E-state index is 0.0711. The maximum Gasteiger partial charge on any atom is 0.331 e. The lowest BCUT2D eigenvalue weighted by Gasteiger charge is -2.26. The molecule has 1 N–H and O–H groups in total. The zero-order valence-corrected chi connectivity index (χ0v) is 15.4. The van der Waals surface area contributed by atoms with E-state index in [9.17, 15) is 14.4 Å². The number of urea groups is 1. The van der Waals surface area contributed by atoms with Gasteiger partial charge in [0, 0.05) is 0 Å². The lowest BCUT2D eigenvalue weighted by atomic mass is 10.0. The van der Waals surface area contributed by atoms with Crippen LogP contribution in [-0.4, -0.2) is 29.9 Å². The average molecular weight is 364 g/mol. The number of carbonyl (C=O) groups is 3. The van der Waals surface area contributed by atoms with Gasteiger partial charge in [-0.15, -0.1) is 0 Å². The third kappa shape index (κ3) is 3.74. The normalized spacial score (nSPS) is 15.9. The Balaban J connectivity index is 1.96. The number of carbonyl (C=O) groups excluding carboxylic acids is 3. The first-order chi connectivity index (χ1) is 12.9. The van der Waals surface area contributed by atoms with Crippen molar-refractivity contribution in [2.24, 2.45) is 0 Å². The number of nitrogens with one attached hydrogen (secondary N) is 1. The van der Waals surface area contributed by atoms with Gasteiger partial charge in [0.1, 0.15) is 11.3 Å². The van der Waals surface area contributed by atoms with Crippen LogP contribution < -0.4 is 10.1 Å². The van der Waals surface area contributed by atoms with Crippen LogP contribution in [0, 0.1) is 13.8 Å². The van der Waals surface area contributed by atoms with Gasteiger partial charge in [0.15, 0.2) is 0 Å². The third-order valence-electron chi connectivity index (χ3n) is 4.45. The molecule has 1 fully saturated rings. The molecule has 1 aliphatic heterocycles. The van der Waals surface area contributed by atoms with Crippen molar-refractivity contribution in [3.05, 3.63) is 70.3 Å². The summed E-state index contributed by atoms with van der Waals surface area (Å²) in [7, 11) is 1.59. The number of hydrogen-bond acceptors (Lipinski definition) is 4. The zero-order chi connectivity index (χ0) is 19.6. The highest BCUT2D eigenvalue weighted by Crippen LogP contribution is 2.25. The average Bonchev–Trinajstić information content (AvgIpc) is 2.65. The van der Waals surface area contributed by atoms with E-state index in [0.29, 0.717) is 0 Å². The van der Waals surface area contributed by atoms with Gasteiger partial charge in [-0.05, 0) is 54.3 Å². The minimum atomic E-state index is -0.714. The van der Waals surface area contributed by atoms with E-state index in [1.54, 1.807) is 7.11 Å².